The summed E-state index contributed by atoms with van der Waals surface area (Å²) in [6.07, 6.45) is 0.951. The summed E-state index contributed by atoms with van der Waals surface area (Å²) in [7, 11) is 0. The van der Waals surface area contributed by atoms with Crippen molar-refractivity contribution in [1.29, 1.82) is 0 Å². The highest BCUT2D eigenvalue weighted by molar-refractivity contribution is 6.38. The van der Waals surface area contributed by atoms with Gasteiger partial charge in [-0.25, -0.2) is 9.59 Å². The molecule has 0 saturated carbocycles. The van der Waals surface area contributed by atoms with Gasteiger partial charge in [0.05, 0.1) is 28.4 Å². The van der Waals surface area contributed by atoms with Crippen LogP contribution in [0.25, 0.3) is 0 Å². The topological polar surface area (TPSA) is 159 Å². The highest BCUT2D eigenvalue weighted by atomic mass is 35.5. The van der Waals surface area contributed by atoms with Gasteiger partial charge in [0.2, 0.25) is 0 Å². The number of aliphatic hydroxyl groups is 1. The highest BCUT2D eigenvalue weighted by Crippen LogP contribution is 2.31. The fourth-order valence-electron chi connectivity index (χ4n) is 2.50. The Morgan fingerprint density at radius 2 is 1.61 bits per heavy atom. The lowest BCUT2D eigenvalue weighted by atomic mass is 10.1. The Hall–Kier alpha value is -2.85. The second-order valence-corrected chi connectivity index (χ2v) is 7.60. The molecule has 0 aromatic heterocycles. The van der Waals surface area contributed by atoms with Crippen LogP contribution in [-0.4, -0.2) is 52.9 Å². The van der Waals surface area contributed by atoms with Crippen LogP contribution in [0.2, 0.25) is 10.0 Å². The van der Waals surface area contributed by atoms with Crippen molar-refractivity contribution in [3.63, 3.8) is 0 Å². The molecule has 0 aliphatic heterocycles. The number of anilines is 1. The number of aliphatic carboxylic acids is 2. The minimum Gasteiger partial charge on any atom is -0.473 e. The molecule has 11 heteroatoms. The lowest BCUT2D eigenvalue weighted by molar-refractivity contribution is -0.159. The Kier molecular flexibility index (Phi) is 12.9. The van der Waals surface area contributed by atoms with E-state index in [2.05, 4.69) is 5.32 Å². The summed E-state index contributed by atoms with van der Waals surface area (Å²) in [5.74, 6) is -3.85. The number of carboxylic acid groups (broad SMARTS) is 2. The van der Waals surface area contributed by atoms with Gasteiger partial charge in [0.1, 0.15) is 0 Å². The third kappa shape index (κ3) is 11.5. The normalized spacial score (nSPS) is 11.1. The number of carboxylic acids is 2. The average molecular weight is 501 g/mol. The summed E-state index contributed by atoms with van der Waals surface area (Å²) in [5.41, 5.74) is 7.70. The fraction of sp³-hybridized carbons (Fsp3) is 0.318. The summed E-state index contributed by atoms with van der Waals surface area (Å²) in [6, 6.07) is 13.0. The number of carbonyl (C=O) groups excluding carboxylic acids is 1. The molecule has 0 aliphatic carbocycles. The number of hydrogen-bond donors (Lipinski definition) is 5. The lowest BCUT2D eigenvalue weighted by Gasteiger charge is -2.14. The average Bonchev–Trinajstić information content (AvgIpc) is 2.78. The number of benzene rings is 2. The molecule has 0 fully saturated rings. The summed E-state index contributed by atoms with van der Waals surface area (Å²) in [6.45, 7) is 1.29. The van der Waals surface area contributed by atoms with E-state index in [1.165, 1.54) is 0 Å². The van der Waals surface area contributed by atoms with Gasteiger partial charge in [0, 0.05) is 13.0 Å². The van der Waals surface area contributed by atoms with E-state index in [1.807, 2.05) is 30.3 Å². The van der Waals surface area contributed by atoms with Gasteiger partial charge in [-0.1, -0.05) is 53.5 Å². The van der Waals surface area contributed by atoms with Gasteiger partial charge < -0.3 is 31.1 Å². The molecule has 0 aliphatic rings. The van der Waals surface area contributed by atoms with Crippen LogP contribution in [0.3, 0.4) is 0 Å². The van der Waals surface area contributed by atoms with Crippen molar-refractivity contribution in [1.82, 2.24) is 5.32 Å². The van der Waals surface area contributed by atoms with E-state index in [0.717, 1.165) is 5.56 Å². The molecule has 33 heavy (non-hydrogen) atoms. The Balaban J connectivity index is 0.000000801. The van der Waals surface area contributed by atoms with Crippen LogP contribution < -0.4 is 11.1 Å². The maximum absolute atomic E-state index is 11.7. The van der Waals surface area contributed by atoms with Crippen LogP contribution in [0.5, 0.6) is 0 Å². The van der Waals surface area contributed by atoms with Crippen LogP contribution >= 0.6 is 23.2 Å². The molecule has 2 rings (SSSR count). The smallest absolute Gasteiger partial charge is 0.414 e. The van der Waals surface area contributed by atoms with E-state index < -0.39 is 18.0 Å². The second-order valence-electron chi connectivity index (χ2n) is 6.79. The first-order valence-electron chi connectivity index (χ1n) is 9.90. The SMILES string of the molecule is Nc1c(Cl)cc(C(O)CNCCCOC(=O)CCc2ccccc2)cc1Cl.O=C(O)C(=O)O. The zero-order valence-corrected chi connectivity index (χ0v) is 19.2. The molecule has 2 aromatic rings. The fourth-order valence-corrected chi connectivity index (χ4v) is 3.00. The quantitative estimate of drug-likeness (QED) is 0.143. The molecule has 0 amide bonds. The number of nitrogens with two attached hydrogens (primary N) is 1. The van der Waals surface area contributed by atoms with E-state index in [9.17, 15) is 9.90 Å². The van der Waals surface area contributed by atoms with Crippen molar-refractivity contribution >= 4 is 46.8 Å². The van der Waals surface area contributed by atoms with Crippen molar-refractivity contribution in [2.75, 3.05) is 25.4 Å². The Morgan fingerprint density at radius 1 is 1.03 bits per heavy atom. The van der Waals surface area contributed by atoms with E-state index in [4.69, 9.17) is 53.5 Å². The molecule has 0 spiro atoms. The molecule has 180 valence electrons. The summed E-state index contributed by atoms with van der Waals surface area (Å²) in [4.78, 5) is 29.9. The molecule has 0 heterocycles. The number of nitrogen functional groups attached to an aromatic ring is 1. The number of halogens is 2. The zero-order chi connectivity index (χ0) is 24.8. The number of carbonyl (C=O) groups is 3. The van der Waals surface area contributed by atoms with Gasteiger partial charge in [0.15, 0.2) is 0 Å². The van der Waals surface area contributed by atoms with E-state index in [0.29, 0.717) is 60.3 Å². The number of esters is 1. The molecule has 9 nitrogen and oxygen atoms in total. The highest BCUT2D eigenvalue weighted by Gasteiger charge is 2.12. The number of hydrogen-bond acceptors (Lipinski definition) is 7. The molecule has 6 N–H and O–H groups in total. The Morgan fingerprint density at radius 3 is 2.15 bits per heavy atom. The van der Waals surface area contributed by atoms with Crippen molar-refractivity contribution < 1.29 is 34.4 Å². The van der Waals surface area contributed by atoms with Crippen molar-refractivity contribution in [3.05, 3.63) is 63.6 Å². The maximum Gasteiger partial charge on any atom is 0.414 e. The molecule has 0 radical (unpaired) electrons. The first-order chi connectivity index (χ1) is 15.6. The Bertz CT molecular complexity index is 891. The minimum absolute atomic E-state index is 0.204. The van der Waals surface area contributed by atoms with E-state index in [-0.39, 0.29) is 5.97 Å². The van der Waals surface area contributed by atoms with Crippen LogP contribution in [0, 0.1) is 0 Å². The summed E-state index contributed by atoms with van der Waals surface area (Å²) >= 11 is 11.9. The maximum atomic E-state index is 11.7. The van der Waals surface area contributed by atoms with Gasteiger partial charge in [0.25, 0.3) is 0 Å². The molecule has 2 aromatic carbocycles. The predicted molar refractivity (Wildman–Crippen MR) is 124 cm³/mol. The van der Waals surface area contributed by atoms with Crippen LogP contribution in [0.15, 0.2) is 42.5 Å². The monoisotopic (exact) mass is 500 g/mol. The van der Waals surface area contributed by atoms with Crippen molar-refractivity contribution in [2.24, 2.45) is 0 Å². The van der Waals surface area contributed by atoms with Crippen LogP contribution in [-0.2, 0) is 25.5 Å². The first-order valence-corrected chi connectivity index (χ1v) is 10.7. The summed E-state index contributed by atoms with van der Waals surface area (Å²) in [5, 5.41) is 28.7. The van der Waals surface area contributed by atoms with E-state index in [1.54, 1.807) is 12.1 Å². The largest absolute Gasteiger partial charge is 0.473 e. The first kappa shape index (κ1) is 28.2. The van der Waals surface area contributed by atoms with Gasteiger partial charge in [-0.3, -0.25) is 4.79 Å². The molecule has 0 saturated heterocycles. The van der Waals surface area contributed by atoms with Gasteiger partial charge in [-0.05, 0) is 42.6 Å². The molecule has 0 bridgehead atoms. The standard InChI is InChI=1S/C20H24Cl2N2O3.C2H2O4/c21-16-11-15(12-17(22)20(16)23)18(25)13-24-9-4-10-27-19(26)8-7-14-5-2-1-3-6-14;3-1(4)2(5)6/h1-3,5-6,11-12,18,24-25H,4,7-10,13,23H2;(H,3,4)(H,5,6). The zero-order valence-electron chi connectivity index (χ0n) is 17.7. The third-order valence-electron chi connectivity index (χ3n) is 4.23. The lowest BCUT2D eigenvalue weighted by Crippen LogP contribution is -2.23. The number of aryl methyl sites for hydroxylation is 1. The minimum atomic E-state index is -1.82. The molecular formula is C22H26Cl2N2O7. The number of aliphatic hydroxyl groups excluding tert-OH is 1. The number of rotatable bonds is 10. The van der Waals surface area contributed by atoms with Crippen molar-refractivity contribution in [2.45, 2.75) is 25.4 Å². The number of ether oxygens (including phenoxy) is 1. The van der Waals surface area contributed by atoms with Gasteiger partial charge in [-0.2, -0.15) is 0 Å². The Labute approximate surface area is 201 Å². The third-order valence-corrected chi connectivity index (χ3v) is 4.85. The van der Waals surface area contributed by atoms with E-state index >= 15 is 0 Å². The predicted octanol–water partition coefficient (Wildman–Crippen LogP) is 2.92. The molecular weight excluding hydrogens is 475 g/mol. The molecule has 1 atom stereocenters. The summed E-state index contributed by atoms with van der Waals surface area (Å²) < 4.78 is 5.21. The van der Waals surface area contributed by atoms with Crippen molar-refractivity contribution in [3.8, 4) is 0 Å². The van der Waals surface area contributed by atoms with Crippen LogP contribution in [0.4, 0.5) is 5.69 Å². The molecule has 1 unspecified atom stereocenters. The van der Waals surface area contributed by atoms with Crippen LogP contribution in [0.1, 0.15) is 30.1 Å². The van der Waals surface area contributed by atoms with Gasteiger partial charge in [-0.15, -0.1) is 0 Å². The van der Waals surface area contributed by atoms with Gasteiger partial charge >= 0.3 is 17.9 Å². The number of nitrogens with one attached hydrogen (secondary N) is 1. The second kappa shape index (κ2) is 15.1.